The van der Waals surface area contributed by atoms with Crippen molar-refractivity contribution < 1.29 is 38.4 Å². The maximum absolute atomic E-state index is 14.5. The van der Waals surface area contributed by atoms with E-state index in [1.807, 2.05) is 45.1 Å². The molecule has 276 valence electrons. The van der Waals surface area contributed by atoms with Crippen LogP contribution >= 0.6 is 0 Å². The highest BCUT2D eigenvalue weighted by molar-refractivity contribution is 6.74. The minimum absolute atomic E-state index is 0.0463. The summed E-state index contributed by atoms with van der Waals surface area (Å²) in [4.78, 5) is 14.5. The molecule has 4 heterocycles. The van der Waals surface area contributed by atoms with Crippen LogP contribution in [0.4, 0.5) is 0 Å². The molecule has 9 heteroatoms. The van der Waals surface area contributed by atoms with E-state index in [1.165, 1.54) is 0 Å². The third kappa shape index (κ3) is 7.65. The Morgan fingerprint density at radius 2 is 1.84 bits per heavy atom. The molecule has 5 rings (SSSR count). The normalized spacial score (nSPS) is 44.1. The fraction of sp³-hybridized carbons (Fsp3) is 0.775. The zero-order chi connectivity index (χ0) is 36.1. The van der Waals surface area contributed by atoms with Crippen LogP contribution in [0, 0.1) is 23.7 Å². The molecule has 5 aliphatic rings. The molecule has 1 unspecified atom stereocenters. The number of esters is 1. The molecule has 12 atom stereocenters. The summed E-state index contributed by atoms with van der Waals surface area (Å²) < 4.78 is 33.5. The maximum Gasteiger partial charge on any atom is 0.316 e. The van der Waals surface area contributed by atoms with Crippen LogP contribution in [0.2, 0.25) is 18.1 Å². The van der Waals surface area contributed by atoms with Gasteiger partial charge in [0.1, 0.15) is 23.7 Å². The second-order valence-electron chi connectivity index (χ2n) is 17.4. The van der Waals surface area contributed by atoms with Crippen molar-refractivity contribution in [2.24, 2.45) is 23.7 Å². The number of hydrogen-bond donors (Lipinski definition) is 2. The first-order valence-electron chi connectivity index (χ1n) is 18.8. The zero-order valence-electron chi connectivity index (χ0n) is 32.0. The van der Waals surface area contributed by atoms with Crippen LogP contribution in [0.15, 0.2) is 47.1 Å². The lowest BCUT2D eigenvalue weighted by atomic mass is 9.71. The number of fused-ring (bicyclic) bond motifs is 2. The van der Waals surface area contributed by atoms with Crippen molar-refractivity contribution in [3.05, 3.63) is 47.1 Å². The number of hydrogen-bond acceptors (Lipinski definition) is 8. The molecule has 0 amide bonds. The molecule has 0 saturated carbocycles. The topological polar surface area (TPSA) is 104 Å². The van der Waals surface area contributed by atoms with Crippen LogP contribution in [0.5, 0.6) is 0 Å². The smallest absolute Gasteiger partial charge is 0.316 e. The fourth-order valence-electron chi connectivity index (χ4n) is 8.18. The highest BCUT2D eigenvalue weighted by Gasteiger charge is 2.61. The molecule has 3 saturated heterocycles. The van der Waals surface area contributed by atoms with Gasteiger partial charge < -0.3 is 33.6 Å². The Bertz CT molecular complexity index is 1340. The number of allylic oxidation sites excluding steroid dienone is 2. The van der Waals surface area contributed by atoms with E-state index in [9.17, 15) is 15.0 Å². The minimum Gasteiger partial charge on any atom is -0.462 e. The fourth-order valence-corrected chi connectivity index (χ4v) is 9.48. The zero-order valence-corrected chi connectivity index (χ0v) is 33.0. The quantitative estimate of drug-likeness (QED) is 0.176. The molecule has 0 radical (unpaired) electrons. The van der Waals surface area contributed by atoms with Gasteiger partial charge in [-0.15, -0.1) is 0 Å². The van der Waals surface area contributed by atoms with Crippen LogP contribution in [0.25, 0.3) is 0 Å². The summed E-state index contributed by atoms with van der Waals surface area (Å²) in [6.45, 7) is 23.7. The first-order chi connectivity index (χ1) is 22.8. The van der Waals surface area contributed by atoms with E-state index in [2.05, 4.69) is 60.7 Å². The SMILES string of the molecule is CC[C@H](C)C1O[C@]2(CC[C@@H]1C)C[C@@H]1C[C@@H](C/C=C(\C)[C@@H](O)[C@@H](C)/C=C/C=C3\CO[C@@H]4[C@H](O[Si](C)(C)C(C)(C)C)C(C)=C[C@@H](C(=O)O1)[C@]34O)O2. The molecule has 1 spiro atoms. The first kappa shape index (κ1) is 38.6. The number of aliphatic hydroxyl groups is 2. The summed E-state index contributed by atoms with van der Waals surface area (Å²) in [6.07, 6.45) is 11.1. The van der Waals surface area contributed by atoms with E-state index < -0.39 is 56.0 Å². The van der Waals surface area contributed by atoms with Crippen molar-refractivity contribution in [2.75, 3.05) is 6.61 Å². The van der Waals surface area contributed by atoms with Gasteiger partial charge in [-0.05, 0) is 73.4 Å². The molecule has 0 aromatic rings. The van der Waals surface area contributed by atoms with Crippen molar-refractivity contribution in [1.82, 2.24) is 0 Å². The van der Waals surface area contributed by atoms with Gasteiger partial charge in [-0.2, -0.15) is 0 Å². The first-order valence-corrected chi connectivity index (χ1v) is 21.7. The molecule has 49 heavy (non-hydrogen) atoms. The van der Waals surface area contributed by atoms with Gasteiger partial charge >= 0.3 is 5.97 Å². The monoisotopic (exact) mass is 700 g/mol. The van der Waals surface area contributed by atoms with Gasteiger partial charge in [0.15, 0.2) is 14.1 Å². The van der Waals surface area contributed by atoms with Crippen molar-refractivity contribution in [2.45, 2.75) is 167 Å². The van der Waals surface area contributed by atoms with Crippen LogP contribution in [-0.2, 0) is 28.2 Å². The highest BCUT2D eigenvalue weighted by atomic mass is 28.4. The van der Waals surface area contributed by atoms with Gasteiger partial charge in [0.2, 0.25) is 0 Å². The van der Waals surface area contributed by atoms with E-state index in [0.29, 0.717) is 36.7 Å². The van der Waals surface area contributed by atoms with Crippen molar-refractivity contribution in [3.8, 4) is 0 Å². The molecular weight excluding hydrogens is 637 g/mol. The van der Waals surface area contributed by atoms with Crippen molar-refractivity contribution >= 4 is 14.3 Å². The highest BCUT2D eigenvalue weighted by Crippen LogP contribution is 2.50. The van der Waals surface area contributed by atoms with Gasteiger partial charge in [0.25, 0.3) is 0 Å². The van der Waals surface area contributed by atoms with Crippen LogP contribution in [0.1, 0.15) is 101 Å². The summed E-state index contributed by atoms with van der Waals surface area (Å²) in [5.41, 5.74) is 0.674. The molecule has 2 N–H and O–H groups in total. The Hall–Kier alpha value is -1.59. The summed E-state index contributed by atoms with van der Waals surface area (Å²) >= 11 is 0. The molecule has 4 aliphatic heterocycles. The van der Waals surface area contributed by atoms with Gasteiger partial charge in [0, 0.05) is 25.2 Å². The number of rotatable bonds is 4. The van der Waals surface area contributed by atoms with Crippen LogP contribution in [-0.4, -0.2) is 79.1 Å². The third-order valence-electron chi connectivity index (χ3n) is 12.7. The molecule has 3 fully saturated rings. The Morgan fingerprint density at radius 3 is 2.51 bits per heavy atom. The summed E-state index contributed by atoms with van der Waals surface area (Å²) in [7, 11) is -2.29. The predicted molar refractivity (Wildman–Crippen MR) is 194 cm³/mol. The molecule has 0 aromatic heterocycles. The second kappa shape index (κ2) is 14.4. The van der Waals surface area contributed by atoms with Crippen molar-refractivity contribution in [3.63, 3.8) is 0 Å². The third-order valence-corrected chi connectivity index (χ3v) is 17.1. The van der Waals surface area contributed by atoms with E-state index in [1.54, 1.807) is 0 Å². The lowest BCUT2D eigenvalue weighted by Crippen LogP contribution is -2.60. The van der Waals surface area contributed by atoms with Gasteiger partial charge in [-0.25, -0.2) is 0 Å². The lowest BCUT2D eigenvalue weighted by Gasteiger charge is -2.51. The Kier molecular flexibility index (Phi) is 11.4. The Labute approximate surface area is 296 Å². The molecule has 0 aromatic carbocycles. The predicted octanol–water partition coefficient (Wildman–Crippen LogP) is 7.56. The summed E-state index contributed by atoms with van der Waals surface area (Å²) in [6, 6.07) is 0. The molecule has 8 nitrogen and oxygen atoms in total. The largest absolute Gasteiger partial charge is 0.462 e. The van der Waals surface area contributed by atoms with E-state index in [-0.39, 0.29) is 29.8 Å². The van der Waals surface area contributed by atoms with Gasteiger partial charge in [-0.3, -0.25) is 4.79 Å². The van der Waals surface area contributed by atoms with E-state index in [0.717, 1.165) is 30.4 Å². The maximum atomic E-state index is 14.5. The number of carbonyl (C=O) groups is 1. The molecule has 1 aliphatic carbocycles. The number of ether oxygens (including phenoxy) is 4. The average molecular weight is 701 g/mol. The summed E-state index contributed by atoms with van der Waals surface area (Å²) in [5.74, 6) is -1.72. The van der Waals surface area contributed by atoms with Crippen LogP contribution in [0.3, 0.4) is 0 Å². The summed E-state index contributed by atoms with van der Waals surface area (Å²) in [5, 5.41) is 24.0. The standard InChI is InChI=1S/C40H64O8Si/c1-12-24(2)34-27(5)18-19-39(47-34)22-31-21-30(46-39)17-16-26(4)33(41)25(3)14-13-15-29-23-44-36-35(48-49(10,11)38(7,8)9)28(6)20-32(37(42)45-31)40(29,36)43/h13-16,20,24-25,27,30-36,41,43H,12,17-19,21-23H2,1-11H3/b14-13+,26-16+,29-15+/t24-,25-,27-,30+,31-,32-,33-,34?,35+,36+,39+,40+/m0/s1. The molecular formula is C40H64O8Si. The minimum atomic E-state index is -2.29. The second-order valence-corrected chi connectivity index (χ2v) is 22.2. The Morgan fingerprint density at radius 1 is 1.12 bits per heavy atom. The van der Waals surface area contributed by atoms with E-state index in [4.69, 9.17) is 23.4 Å². The van der Waals surface area contributed by atoms with Gasteiger partial charge in [-0.1, -0.05) is 85.3 Å². The van der Waals surface area contributed by atoms with E-state index >= 15 is 0 Å². The lowest BCUT2D eigenvalue weighted by molar-refractivity contribution is -0.340. The Balaban J connectivity index is 1.55. The molecule has 2 bridgehead atoms. The number of carbonyl (C=O) groups excluding carboxylic acids is 1. The average Bonchev–Trinajstić information content (AvgIpc) is 3.36. The van der Waals surface area contributed by atoms with Gasteiger partial charge in [0.05, 0.1) is 31.0 Å². The van der Waals surface area contributed by atoms with Crippen molar-refractivity contribution in [1.29, 1.82) is 0 Å². The van der Waals surface area contributed by atoms with Crippen LogP contribution < -0.4 is 0 Å². The number of aliphatic hydroxyl groups excluding tert-OH is 1.